The van der Waals surface area contributed by atoms with Crippen molar-refractivity contribution in [3.63, 3.8) is 0 Å². The lowest BCUT2D eigenvalue weighted by Crippen LogP contribution is -2.43. The topological polar surface area (TPSA) is 107 Å². The highest BCUT2D eigenvalue weighted by atomic mass is 16.4. The summed E-state index contributed by atoms with van der Waals surface area (Å²) in [5, 5.41) is 30.2. The molecule has 1 aliphatic rings. The van der Waals surface area contributed by atoms with Gasteiger partial charge in [0, 0.05) is 12.3 Å². The minimum absolute atomic E-state index is 0.0516. The van der Waals surface area contributed by atoms with Crippen molar-refractivity contribution >= 4 is 11.9 Å². The van der Waals surface area contributed by atoms with Crippen LogP contribution in [-0.4, -0.2) is 33.2 Å². The van der Waals surface area contributed by atoms with Gasteiger partial charge < -0.3 is 20.6 Å². The van der Waals surface area contributed by atoms with Crippen LogP contribution < -0.4 is 5.32 Å². The average molecular weight is 279 g/mol. The van der Waals surface area contributed by atoms with E-state index in [9.17, 15) is 19.8 Å². The molecule has 0 spiro atoms. The minimum Gasteiger partial charge on any atom is -0.504 e. The smallest absolute Gasteiger partial charge is 0.326 e. The van der Waals surface area contributed by atoms with Gasteiger partial charge in [-0.25, -0.2) is 4.79 Å². The van der Waals surface area contributed by atoms with E-state index in [-0.39, 0.29) is 29.7 Å². The van der Waals surface area contributed by atoms with Crippen molar-refractivity contribution in [1.82, 2.24) is 5.32 Å². The first-order valence-corrected chi connectivity index (χ1v) is 6.42. The van der Waals surface area contributed by atoms with E-state index in [1.807, 2.05) is 6.92 Å². The van der Waals surface area contributed by atoms with Crippen molar-refractivity contribution < 1.29 is 24.9 Å². The molecule has 4 N–H and O–H groups in total. The Labute approximate surface area is 116 Å². The summed E-state index contributed by atoms with van der Waals surface area (Å²) in [6.07, 6.45) is 0.841. The molecule has 108 valence electrons. The summed E-state index contributed by atoms with van der Waals surface area (Å²) in [6, 6.07) is 3.04. The van der Waals surface area contributed by atoms with E-state index >= 15 is 0 Å². The third kappa shape index (κ3) is 3.20. The van der Waals surface area contributed by atoms with Gasteiger partial charge >= 0.3 is 5.97 Å². The normalized spacial score (nSPS) is 22.1. The zero-order valence-electron chi connectivity index (χ0n) is 11.0. The summed E-state index contributed by atoms with van der Waals surface area (Å²) in [7, 11) is 0. The van der Waals surface area contributed by atoms with Crippen molar-refractivity contribution in [2.45, 2.75) is 25.8 Å². The molecule has 0 aromatic heterocycles. The lowest BCUT2D eigenvalue weighted by Gasteiger charge is -2.15. The molecule has 1 amide bonds. The molecule has 1 fully saturated rings. The van der Waals surface area contributed by atoms with E-state index in [1.54, 1.807) is 0 Å². The third-order valence-electron chi connectivity index (χ3n) is 3.54. The molecule has 20 heavy (non-hydrogen) atoms. The quantitative estimate of drug-likeness (QED) is 0.598. The molecular formula is C14H17NO5. The summed E-state index contributed by atoms with van der Waals surface area (Å²) in [4.78, 5) is 23.0. The summed E-state index contributed by atoms with van der Waals surface area (Å²) < 4.78 is 0. The number of benzene rings is 1. The van der Waals surface area contributed by atoms with Gasteiger partial charge in [0.1, 0.15) is 6.04 Å². The van der Waals surface area contributed by atoms with Crippen LogP contribution in [-0.2, 0) is 16.0 Å². The first-order valence-electron chi connectivity index (χ1n) is 6.42. The Bertz CT molecular complexity index is 542. The van der Waals surface area contributed by atoms with E-state index in [4.69, 9.17) is 5.11 Å². The summed E-state index contributed by atoms with van der Waals surface area (Å²) >= 11 is 0. The summed E-state index contributed by atoms with van der Waals surface area (Å²) in [6.45, 7) is 1.94. The number of nitrogens with one attached hydrogen (secondary N) is 1. The Hall–Kier alpha value is -2.24. The zero-order chi connectivity index (χ0) is 14.9. The highest BCUT2D eigenvalue weighted by Crippen LogP contribution is 2.37. The van der Waals surface area contributed by atoms with Gasteiger partial charge in [0.05, 0.1) is 0 Å². The van der Waals surface area contributed by atoms with Crippen LogP contribution in [0.15, 0.2) is 18.2 Å². The fourth-order valence-corrected chi connectivity index (χ4v) is 2.10. The second-order valence-corrected chi connectivity index (χ2v) is 5.25. The van der Waals surface area contributed by atoms with Gasteiger partial charge in [0.25, 0.3) is 0 Å². The number of hydrogen-bond donors (Lipinski definition) is 4. The molecule has 6 heteroatoms. The molecule has 6 nitrogen and oxygen atoms in total. The Morgan fingerprint density at radius 1 is 1.35 bits per heavy atom. The third-order valence-corrected chi connectivity index (χ3v) is 3.54. The molecular weight excluding hydrogens is 262 g/mol. The van der Waals surface area contributed by atoms with Gasteiger partial charge in [0.15, 0.2) is 11.5 Å². The molecule has 0 aliphatic heterocycles. The summed E-state index contributed by atoms with van der Waals surface area (Å²) in [5.74, 6) is -1.73. The second-order valence-electron chi connectivity index (χ2n) is 5.25. The van der Waals surface area contributed by atoms with Crippen LogP contribution in [0.3, 0.4) is 0 Å². The van der Waals surface area contributed by atoms with Gasteiger partial charge in [-0.1, -0.05) is 13.0 Å². The molecule has 1 aliphatic carbocycles. The van der Waals surface area contributed by atoms with Crippen LogP contribution in [0.1, 0.15) is 18.9 Å². The number of phenolic OH excluding ortho intramolecular Hbond substituents is 2. The monoisotopic (exact) mass is 279 g/mol. The number of aliphatic carboxylic acids is 1. The first kappa shape index (κ1) is 14.2. The van der Waals surface area contributed by atoms with E-state index in [2.05, 4.69) is 5.32 Å². The van der Waals surface area contributed by atoms with Gasteiger partial charge in [-0.15, -0.1) is 0 Å². The number of carbonyl (C=O) groups is 2. The van der Waals surface area contributed by atoms with Crippen molar-refractivity contribution in [3.8, 4) is 11.5 Å². The van der Waals surface area contributed by atoms with Crippen molar-refractivity contribution in [2.24, 2.45) is 11.8 Å². The van der Waals surface area contributed by atoms with Crippen molar-refractivity contribution in [3.05, 3.63) is 23.8 Å². The predicted molar refractivity (Wildman–Crippen MR) is 70.3 cm³/mol. The Morgan fingerprint density at radius 2 is 2.00 bits per heavy atom. The maximum atomic E-state index is 11.8. The second kappa shape index (κ2) is 5.40. The molecule has 0 heterocycles. The van der Waals surface area contributed by atoms with Crippen LogP contribution in [0, 0.1) is 11.8 Å². The van der Waals surface area contributed by atoms with Crippen LogP contribution in [0.4, 0.5) is 0 Å². The van der Waals surface area contributed by atoms with Crippen molar-refractivity contribution in [2.75, 3.05) is 0 Å². The number of amides is 1. The molecule has 0 bridgehead atoms. The largest absolute Gasteiger partial charge is 0.504 e. The molecule has 3 unspecified atom stereocenters. The fraction of sp³-hybridized carbons (Fsp3) is 0.429. The van der Waals surface area contributed by atoms with Crippen LogP contribution in [0.25, 0.3) is 0 Å². The summed E-state index contributed by atoms with van der Waals surface area (Å²) in [5.41, 5.74) is 0.525. The van der Waals surface area contributed by atoms with E-state index in [0.717, 1.165) is 6.42 Å². The molecule has 3 atom stereocenters. The van der Waals surface area contributed by atoms with Crippen LogP contribution in [0.5, 0.6) is 11.5 Å². The molecule has 0 saturated heterocycles. The Balaban J connectivity index is 2.03. The number of aromatic hydroxyl groups is 2. The number of carboxylic acids is 1. The van der Waals surface area contributed by atoms with E-state index in [0.29, 0.717) is 11.5 Å². The number of carboxylic acid groups (broad SMARTS) is 1. The standard InChI is InChI=1S/C14H17NO5/c1-7-4-9(7)13(18)15-10(14(19)20)5-8-2-3-11(16)12(17)6-8/h2-3,6-7,9-10,16-17H,4-5H2,1H3,(H,15,18)(H,19,20). The highest BCUT2D eigenvalue weighted by Gasteiger charge is 2.40. The maximum absolute atomic E-state index is 11.8. The predicted octanol–water partition coefficient (Wildman–Crippen LogP) is 0.866. The number of phenols is 2. The highest BCUT2D eigenvalue weighted by molar-refractivity contribution is 5.86. The SMILES string of the molecule is CC1CC1C(=O)NC(Cc1ccc(O)c(O)c1)C(=O)O. The number of rotatable bonds is 5. The molecule has 2 rings (SSSR count). The van der Waals surface area contributed by atoms with Gasteiger partial charge in [-0.05, 0) is 30.0 Å². The first-order chi connectivity index (χ1) is 9.38. The van der Waals surface area contributed by atoms with Gasteiger partial charge in [-0.3, -0.25) is 4.79 Å². The average Bonchev–Trinajstić information content (AvgIpc) is 3.10. The van der Waals surface area contributed by atoms with E-state index in [1.165, 1.54) is 18.2 Å². The van der Waals surface area contributed by atoms with Gasteiger partial charge in [-0.2, -0.15) is 0 Å². The molecule has 0 radical (unpaired) electrons. The zero-order valence-corrected chi connectivity index (χ0v) is 11.0. The fourth-order valence-electron chi connectivity index (χ4n) is 2.10. The minimum atomic E-state index is -1.13. The molecule has 1 saturated carbocycles. The van der Waals surface area contributed by atoms with Crippen molar-refractivity contribution in [1.29, 1.82) is 0 Å². The van der Waals surface area contributed by atoms with Gasteiger partial charge in [0.2, 0.25) is 5.91 Å². The molecule has 1 aromatic carbocycles. The lowest BCUT2D eigenvalue weighted by atomic mass is 10.0. The molecule has 1 aromatic rings. The van der Waals surface area contributed by atoms with E-state index < -0.39 is 12.0 Å². The lowest BCUT2D eigenvalue weighted by molar-refractivity contribution is -0.142. The Kier molecular flexibility index (Phi) is 3.83. The Morgan fingerprint density at radius 3 is 2.50 bits per heavy atom. The van der Waals surface area contributed by atoms with Crippen LogP contribution in [0.2, 0.25) is 0 Å². The number of hydrogen-bond acceptors (Lipinski definition) is 4. The van der Waals surface area contributed by atoms with Crippen LogP contribution >= 0.6 is 0 Å². The maximum Gasteiger partial charge on any atom is 0.326 e. The number of carbonyl (C=O) groups excluding carboxylic acids is 1.